The second kappa shape index (κ2) is 9.50. The lowest BCUT2D eigenvalue weighted by Gasteiger charge is -2.16. The van der Waals surface area contributed by atoms with Crippen LogP contribution < -0.4 is 4.74 Å². The number of allylic oxidation sites excluding steroid dienone is 1. The second-order valence-corrected chi connectivity index (χ2v) is 8.11. The molecule has 0 radical (unpaired) electrons. The average Bonchev–Trinajstić information content (AvgIpc) is 3.08. The third kappa shape index (κ3) is 5.10. The molecule has 1 heterocycles. The summed E-state index contributed by atoms with van der Waals surface area (Å²) in [5.41, 5.74) is 2.26. The fourth-order valence-electron chi connectivity index (χ4n) is 2.66. The van der Waals surface area contributed by atoms with E-state index in [2.05, 4.69) is 16.8 Å². The van der Waals surface area contributed by atoms with Gasteiger partial charge >= 0.3 is 0 Å². The number of hydrogen-bond acceptors (Lipinski definition) is 4. The van der Waals surface area contributed by atoms with Gasteiger partial charge in [-0.15, -0.1) is 16.8 Å². The first-order valence-corrected chi connectivity index (χ1v) is 10.6. The molecule has 0 N–H and O–H groups in total. The molecule has 146 valence electrons. The molecule has 3 aromatic rings. The van der Waals surface area contributed by atoms with Crippen LogP contribution in [0.3, 0.4) is 0 Å². The molecule has 1 atom stereocenters. The van der Waals surface area contributed by atoms with E-state index in [1.54, 1.807) is 17.8 Å². The zero-order valence-electron chi connectivity index (χ0n) is 15.7. The molecule has 2 aromatic carbocycles. The SMILES string of the molecule is C=CCn1c(SCc2ccc(Cl)c(Cl)c2)nnc1C(C)Oc1ccc(C)cc1. The van der Waals surface area contributed by atoms with E-state index in [-0.39, 0.29) is 6.10 Å². The lowest BCUT2D eigenvalue weighted by Crippen LogP contribution is -2.12. The number of aromatic nitrogens is 3. The lowest BCUT2D eigenvalue weighted by atomic mass is 10.2. The number of thioether (sulfide) groups is 1. The largest absolute Gasteiger partial charge is 0.483 e. The molecule has 1 unspecified atom stereocenters. The highest BCUT2D eigenvalue weighted by molar-refractivity contribution is 7.98. The average molecular weight is 434 g/mol. The Hall–Kier alpha value is -1.95. The first-order chi connectivity index (χ1) is 13.5. The minimum atomic E-state index is -0.241. The van der Waals surface area contributed by atoms with E-state index in [1.807, 2.05) is 60.9 Å². The van der Waals surface area contributed by atoms with Crippen LogP contribution in [0.5, 0.6) is 5.75 Å². The van der Waals surface area contributed by atoms with Crippen molar-refractivity contribution in [1.82, 2.24) is 14.8 Å². The Balaban J connectivity index is 1.75. The van der Waals surface area contributed by atoms with E-state index in [1.165, 1.54) is 5.56 Å². The smallest absolute Gasteiger partial charge is 0.191 e. The Labute approximate surface area is 179 Å². The summed E-state index contributed by atoms with van der Waals surface area (Å²) in [6.07, 6.45) is 1.59. The van der Waals surface area contributed by atoms with Crippen LogP contribution >= 0.6 is 35.0 Å². The Bertz CT molecular complexity index is 957. The normalized spacial score (nSPS) is 12.0. The van der Waals surface area contributed by atoms with Crippen molar-refractivity contribution in [3.05, 3.63) is 82.1 Å². The number of rotatable bonds is 8. The summed E-state index contributed by atoms with van der Waals surface area (Å²) in [5.74, 6) is 2.27. The van der Waals surface area contributed by atoms with Gasteiger partial charge in [-0.1, -0.05) is 64.8 Å². The van der Waals surface area contributed by atoms with Crippen molar-refractivity contribution >= 4 is 35.0 Å². The lowest BCUT2D eigenvalue weighted by molar-refractivity contribution is 0.210. The van der Waals surface area contributed by atoms with Crippen LogP contribution in [-0.4, -0.2) is 14.8 Å². The molecule has 3 rings (SSSR count). The molecule has 0 aliphatic carbocycles. The van der Waals surface area contributed by atoms with Crippen LogP contribution in [0.4, 0.5) is 0 Å². The number of hydrogen-bond donors (Lipinski definition) is 0. The summed E-state index contributed by atoms with van der Waals surface area (Å²) in [7, 11) is 0. The first kappa shape index (κ1) is 20.8. The molecule has 7 heteroatoms. The molecular weight excluding hydrogens is 413 g/mol. The quantitative estimate of drug-likeness (QED) is 0.299. The molecule has 0 aliphatic heterocycles. The Morgan fingerprint density at radius 1 is 1.14 bits per heavy atom. The molecule has 0 saturated heterocycles. The molecular formula is C21H21Cl2N3OS. The predicted molar refractivity (Wildman–Crippen MR) is 116 cm³/mol. The van der Waals surface area contributed by atoms with Gasteiger partial charge in [0.1, 0.15) is 5.75 Å². The van der Waals surface area contributed by atoms with Crippen LogP contribution in [0.25, 0.3) is 0 Å². The van der Waals surface area contributed by atoms with Crippen LogP contribution in [0.1, 0.15) is 30.0 Å². The first-order valence-electron chi connectivity index (χ1n) is 8.82. The highest BCUT2D eigenvalue weighted by Gasteiger charge is 2.19. The van der Waals surface area contributed by atoms with Gasteiger partial charge in [0.05, 0.1) is 10.0 Å². The van der Waals surface area contributed by atoms with E-state index in [0.717, 1.165) is 22.3 Å². The van der Waals surface area contributed by atoms with Gasteiger partial charge in [-0.2, -0.15) is 0 Å². The second-order valence-electron chi connectivity index (χ2n) is 6.35. The molecule has 0 saturated carbocycles. The summed E-state index contributed by atoms with van der Waals surface area (Å²) in [4.78, 5) is 0. The third-order valence-electron chi connectivity index (χ3n) is 4.11. The van der Waals surface area contributed by atoms with Crippen LogP contribution in [-0.2, 0) is 12.3 Å². The van der Waals surface area contributed by atoms with Crippen molar-refractivity contribution < 1.29 is 4.74 Å². The van der Waals surface area contributed by atoms with Gasteiger partial charge in [0.2, 0.25) is 0 Å². The maximum absolute atomic E-state index is 6.10. The summed E-state index contributed by atoms with van der Waals surface area (Å²) < 4.78 is 8.07. The topological polar surface area (TPSA) is 39.9 Å². The fraction of sp³-hybridized carbons (Fsp3) is 0.238. The van der Waals surface area contributed by atoms with E-state index < -0.39 is 0 Å². The van der Waals surface area contributed by atoms with Crippen LogP contribution in [0.2, 0.25) is 10.0 Å². The summed E-state index contributed by atoms with van der Waals surface area (Å²) >= 11 is 13.7. The van der Waals surface area contributed by atoms with Crippen molar-refractivity contribution in [2.75, 3.05) is 0 Å². The van der Waals surface area contributed by atoms with Gasteiger partial charge < -0.3 is 4.74 Å². The van der Waals surface area contributed by atoms with Crippen LogP contribution in [0.15, 0.2) is 60.3 Å². The molecule has 0 aliphatic rings. The predicted octanol–water partition coefficient (Wildman–Crippen LogP) is 6.51. The zero-order chi connectivity index (χ0) is 20.1. The third-order valence-corrected chi connectivity index (χ3v) is 5.88. The molecule has 28 heavy (non-hydrogen) atoms. The van der Waals surface area contributed by atoms with Crippen LogP contribution in [0, 0.1) is 6.92 Å². The molecule has 0 fully saturated rings. The number of nitrogens with zero attached hydrogens (tertiary/aromatic N) is 3. The van der Waals surface area contributed by atoms with Crippen molar-refractivity contribution in [2.45, 2.75) is 37.4 Å². The number of benzene rings is 2. The van der Waals surface area contributed by atoms with Crippen molar-refractivity contribution in [3.63, 3.8) is 0 Å². The molecule has 0 spiro atoms. The Morgan fingerprint density at radius 3 is 2.57 bits per heavy atom. The van der Waals surface area contributed by atoms with Gasteiger partial charge in [0.25, 0.3) is 0 Å². The summed E-state index contributed by atoms with van der Waals surface area (Å²) in [6.45, 7) is 8.47. The fourth-order valence-corrected chi connectivity index (χ4v) is 3.88. The zero-order valence-corrected chi connectivity index (χ0v) is 18.1. The molecule has 4 nitrogen and oxygen atoms in total. The highest BCUT2D eigenvalue weighted by Crippen LogP contribution is 2.29. The Morgan fingerprint density at radius 2 is 1.89 bits per heavy atom. The summed E-state index contributed by atoms with van der Waals surface area (Å²) in [5, 5.41) is 10.6. The molecule has 1 aromatic heterocycles. The monoisotopic (exact) mass is 433 g/mol. The maximum atomic E-state index is 6.10. The van der Waals surface area contributed by atoms with E-state index in [0.29, 0.717) is 22.3 Å². The standard InChI is InChI=1S/C21H21Cl2N3OS/c1-4-11-26-20(15(3)27-17-8-5-14(2)6-9-17)24-25-21(26)28-13-16-7-10-18(22)19(23)12-16/h4-10,12,15H,1,11,13H2,2-3H3. The maximum Gasteiger partial charge on any atom is 0.191 e. The highest BCUT2D eigenvalue weighted by atomic mass is 35.5. The minimum absolute atomic E-state index is 0.241. The summed E-state index contributed by atoms with van der Waals surface area (Å²) in [6, 6.07) is 13.6. The van der Waals surface area contributed by atoms with E-state index >= 15 is 0 Å². The van der Waals surface area contributed by atoms with Crippen molar-refractivity contribution in [1.29, 1.82) is 0 Å². The Kier molecular flexibility index (Phi) is 7.05. The minimum Gasteiger partial charge on any atom is -0.483 e. The van der Waals surface area contributed by atoms with Crippen molar-refractivity contribution in [2.24, 2.45) is 0 Å². The van der Waals surface area contributed by atoms with E-state index in [4.69, 9.17) is 27.9 Å². The van der Waals surface area contributed by atoms with Gasteiger partial charge in [-0.05, 0) is 43.7 Å². The van der Waals surface area contributed by atoms with E-state index in [9.17, 15) is 0 Å². The van der Waals surface area contributed by atoms with Crippen molar-refractivity contribution in [3.8, 4) is 5.75 Å². The van der Waals surface area contributed by atoms with Gasteiger partial charge in [-0.25, -0.2) is 0 Å². The van der Waals surface area contributed by atoms with Gasteiger partial charge in [0.15, 0.2) is 17.1 Å². The van der Waals surface area contributed by atoms with Gasteiger partial charge in [0, 0.05) is 12.3 Å². The number of ether oxygens (including phenoxy) is 1. The number of halogens is 2. The molecule has 0 bridgehead atoms. The van der Waals surface area contributed by atoms with Gasteiger partial charge in [-0.3, -0.25) is 4.57 Å². The molecule has 0 amide bonds. The number of aryl methyl sites for hydroxylation is 1.